The van der Waals surface area contributed by atoms with Crippen molar-refractivity contribution in [3.8, 4) is 11.5 Å². The largest absolute Gasteiger partial charge is 0.486 e. The molecule has 0 spiro atoms. The van der Waals surface area contributed by atoms with Crippen LogP contribution in [0.2, 0.25) is 0 Å². The van der Waals surface area contributed by atoms with Crippen molar-refractivity contribution in [2.24, 2.45) is 0 Å². The van der Waals surface area contributed by atoms with Crippen LogP contribution in [-0.4, -0.2) is 53.3 Å². The molecule has 2 aliphatic heterocycles. The Kier molecular flexibility index (Phi) is 4.59. The van der Waals surface area contributed by atoms with Crippen molar-refractivity contribution in [1.29, 1.82) is 0 Å². The number of nitro benzene ring substituents is 1. The third-order valence-electron chi connectivity index (χ3n) is 4.56. The Bertz CT molecular complexity index is 1040. The summed E-state index contributed by atoms with van der Waals surface area (Å²) in [5.41, 5.74) is -0.349. The fourth-order valence-electron chi connectivity index (χ4n) is 3.13. The van der Waals surface area contributed by atoms with Gasteiger partial charge in [0.15, 0.2) is 11.5 Å². The van der Waals surface area contributed by atoms with Gasteiger partial charge in [-0.15, -0.1) is 0 Å². The minimum atomic E-state index is -0.741. The highest BCUT2D eigenvalue weighted by Gasteiger charge is 2.38. The lowest BCUT2D eigenvalue weighted by atomic mass is 10.1. The van der Waals surface area contributed by atoms with Gasteiger partial charge in [-0.2, -0.15) is 0 Å². The smallest absolute Gasteiger partial charge is 0.270 e. The normalized spacial score (nSPS) is 17.1. The van der Waals surface area contributed by atoms with E-state index in [1.807, 2.05) is 6.07 Å². The number of nitrogens with one attached hydrogen (secondary N) is 1. The minimum absolute atomic E-state index is 0.0361. The number of amides is 3. The molecular formula is C19H15N3O7. The number of carbonyl (C=O) groups is 3. The number of benzene rings is 2. The van der Waals surface area contributed by atoms with E-state index >= 15 is 0 Å². The van der Waals surface area contributed by atoms with E-state index in [2.05, 4.69) is 5.32 Å². The van der Waals surface area contributed by atoms with Crippen LogP contribution in [0.15, 0.2) is 42.5 Å². The molecule has 0 saturated carbocycles. The van der Waals surface area contributed by atoms with Gasteiger partial charge in [-0.05, 0) is 18.2 Å². The first kappa shape index (κ1) is 18.4. The first-order valence-electron chi connectivity index (χ1n) is 8.74. The van der Waals surface area contributed by atoms with Crippen molar-refractivity contribution >= 4 is 23.4 Å². The standard InChI is InChI=1S/C19H15N3O7/c23-17(20-8-12-10-28-15-3-1-2-4-16(15)29-12)9-21-18(24)13-6-5-11(22(26)27)7-14(13)19(21)25/h1-7,12H,8-10H2,(H,20,23)/t12-/m1/s1. The molecule has 0 radical (unpaired) electrons. The Morgan fingerprint density at radius 2 is 1.86 bits per heavy atom. The van der Waals surface area contributed by atoms with Crippen molar-refractivity contribution in [2.75, 3.05) is 19.7 Å². The lowest BCUT2D eigenvalue weighted by Gasteiger charge is -2.26. The second-order valence-electron chi connectivity index (χ2n) is 6.49. The highest BCUT2D eigenvalue weighted by atomic mass is 16.6. The predicted octanol–water partition coefficient (Wildman–Crippen LogP) is 1.15. The molecule has 0 aromatic heterocycles. The molecule has 2 aromatic rings. The maximum absolute atomic E-state index is 12.4. The van der Waals surface area contributed by atoms with Gasteiger partial charge in [-0.25, -0.2) is 0 Å². The topological polar surface area (TPSA) is 128 Å². The third kappa shape index (κ3) is 3.47. The Labute approximate surface area is 164 Å². The van der Waals surface area contributed by atoms with E-state index in [4.69, 9.17) is 9.47 Å². The van der Waals surface area contributed by atoms with Crippen LogP contribution in [0.4, 0.5) is 5.69 Å². The van der Waals surface area contributed by atoms with Crippen LogP contribution in [0.1, 0.15) is 20.7 Å². The minimum Gasteiger partial charge on any atom is -0.486 e. The van der Waals surface area contributed by atoms with E-state index in [1.165, 1.54) is 6.07 Å². The van der Waals surface area contributed by atoms with Crippen LogP contribution in [-0.2, 0) is 4.79 Å². The molecule has 0 aliphatic carbocycles. The van der Waals surface area contributed by atoms with E-state index in [1.54, 1.807) is 18.2 Å². The number of carbonyl (C=O) groups excluding carboxylic acids is 3. The summed E-state index contributed by atoms with van der Waals surface area (Å²) in [6, 6.07) is 10.6. The molecule has 3 amide bonds. The summed E-state index contributed by atoms with van der Waals surface area (Å²) in [5, 5.41) is 13.5. The molecule has 29 heavy (non-hydrogen) atoms. The van der Waals surface area contributed by atoms with Gasteiger partial charge >= 0.3 is 0 Å². The number of para-hydroxylation sites is 2. The monoisotopic (exact) mass is 397 g/mol. The van der Waals surface area contributed by atoms with Gasteiger partial charge in [0.1, 0.15) is 19.3 Å². The van der Waals surface area contributed by atoms with Crippen LogP contribution in [0.5, 0.6) is 11.5 Å². The van der Waals surface area contributed by atoms with Gasteiger partial charge in [0.2, 0.25) is 5.91 Å². The van der Waals surface area contributed by atoms with E-state index in [9.17, 15) is 24.5 Å². The molecule has 10 heteroatoms. The SMILES string of the molecule is O=C(CN1C(=O)c2ccc([N+](=O)[O-])cc2C1=O)NC[C@@H]1COc2ccccc2O1. The molecule has 0 unspecified atom stereocenters. The highest BCUT2D eigenvalue weighted by Crippen LogP contribution is 2.30. The second kappa shape index (κ2) is 7.23. The Balaban J connectivity index is 1.36. The quantitative estimate of drug-likeness (QED) is 0.455. The molecule has 2 aromatic carbocycles. The molecule has 10 nitrogen and oxygen atoms in total. The number of imide groups is 1. The number of nitrogens with zero attached hydrogens (tertiary/aromatic N) is 2. The number of hydrogen-bond acceptors (Lipinski definition) is 7. The number of fused-ring (bicyclic) bond motifs is 2. The zero-order valence-corrected chi connectivity index (χ0v) is 15.0. The summed E-state index contributed by atoms with van der Waals surface area (Å²) in [7, 11) is 0. The first-order valence-corrected chi connectivity index (χ1v) is 8.74. The molecule has 2 heterocycles. The van der Waals surface area contributed by atoms with Gasteiger partial charge in [-0.3, -0.25) is 29.4 Å². The molecule has 0 bridgehead atoms. The Hall–Kier alpha value is -3.95. The number of ether oxygens (including phenoxy) is 2. The molecule has 0 saturated heterocycles. The average Bonchev–Trinajstić information content (AvgIpc) is 2.96. The van der Waals surface area contributed by atoms with E-state index in [0.29, 0.717) is 11.5 Å². The van der Waals surface area contributed by atoms with Gasteiger partial charge in [-0.1, -0.05) is 12.1 Å². The van der Waals surface area contributed by atoms with Gasteiger partial charge in [0, 0.05) is 12.1 Å². The molecule has 2 aliphatic rings. The molecular weight excluding hydrogens is 382 g/mol. The lowest BCUT2D eigenvalue weighted by molar-refractivity contribution is -0.384. The van der Waals surface area contributed by atoms with Crippen LogP contribution < -0.4 is 14.8 Å². The van der Waals surface area contributed by atoms with E-state index < -0.39 is 35.3 Å². The number of hydrogen-bond donors (Lipinski definition) is 1. The summed E-state index contributed by atoms with van der Waals surface area (Å²) in [4.78, 5) is 48.0. The van der Waals surface area contributed by atoms with Crippen LogP contribution >= 0.6 is 0 Å². The first-order chi connectivity index (χ1) is 13.9. The van der Waals surface area contributed by atoms with Crippen LogP contribution in [0, 0.1) is 10.1 Å². The summed E-state index contributed by atoms with van der Waals surface area (Å²) < 4.78 is 11.3. The van der Waals surface area contributed by atoms with E-state index in [-0.39, 0.29) is 30.0 Å². The number of non-ortho nitro benzene ring substituents is 1. The Morgan fingerprint density at radius 1 is 1.14 bits per heavy atom. The molecule has 148 valence electrons. The Morgan fingerprint density at radius 3 is 2.62 bits per heavy atom. The van der Waals surface area contributed by atoms with Crippen molar-refractivity contribution < 1.29 is 28.8 Å². The molecule has 1 N–H and O–H groups in total. The number of rotatable bonds is 5. The third-order valence-corrected chi connectivity index (χ3v) is 4.56. The summed E-state index contributed by atoms with van der Waals surface area (Å²) in [6.07, 6.45) is -0.418. The molecule has 1 atom stereocenters. The molecule has 0 fully saturated rings. The summed E-state index contributed by atoms with van der Waals surface area (Å²) in [6.45, 7) is -0.125. The van der Waals surface area contributed by atoms with E-state index in [0.717, 1.165) is 17.0 Å². The maximum atomic E-state index is 12.4. The zero-order valence-electron chi connectivity index (χ0n) is 15.0. The summed E-state index contributed by atoms with van der Waals surface area (Å²) >= 11 is 0. The van der Waals surface area contributed by atoms with Crippen molar-refractivity contribution in [3.63, 3.8) is 0 Å². The van der Waals surface area contributed by atoms with Gasteiger partial charge in [0.25, 0.3) is 17.5 Å². The van der Waals surface area contributed by atoms with Crippen molar-refractivity contribution in [1.82, 2.24) is 10.2 Å². The maximum Gasteiger partial charge on any atom is 0.270 e. The average molecular weight is 397 g/mol. The van der Waals surface area contributed by atoms with Crippen molar-refractivity contribution in [3.05, 3.63) is 63.7 Å². The zero-order chi connectivity index (χ0) is 20.5. The summed E-state index contributed by atoms with van der Waals surface area (Å²) in [5.74, 6) is -0.775. The van der Waals surface area contributed by atoms with Gasteiger partial charge < -0.3 is 14.8 Å². The van der Waals surface area contributed by atoms with Crippen LogP contribution in [0.3, 0.4) is 0 Å². The second-order valence-corrected chi connectivity index (χ2v) is 6.49. The predicted molar refractivity (Wildman–Crippen MR) is 97.8 cm³/mol. The van der Waals surface area contributed by atoms with Crippen molar-refractivity contribution in [2.45, 2.75) is 6.10 Å². The highest BCUT2D eigenvalue weighted by molar-refractivity contribution is 6.22. The molecule has 4 rings (SSSR count). The fourth-order valence-corrected chi connectivity index (χ4v) is 3.13. The fraction of sp³-hybridized carbons (Fsp3) is 0.211. The number of nitro groups is 1. The lowest BCUT2D eigenvalue weighted by Crippen LogP contribution is -2.45. The van der Waals surface area contributed by atoms with Gasteiger partial charge in [0.05, 0.1) is 22.6 Å². The van der Waals surface area contributed by atoms with Crippen LogP contribution in [0.25, 0.3) is 0 Å².